The zero-order valence-corrected chi connectivity index (χ0v) is 11.9. The van der Waals surface area contributed by atoms with E-state index in [0.29, 0.717) is 6.54 Å². The Kier molecular flexibility index (Phi) is 4.74. The number of hydrogen-bond acceptors (Lipinski definition) is 2. The molecule has 1 aromatic carbocycles. The second kappa shape index (κ2) is 6.53. The Bertz CT molecular complexity index is 566. The molecule has 0 aliphatic carbocycles. The third kappa shape index (κ3) is 3.24. The van der Waals surface area contributed by atoms with E-state index in [1.54, 1.807) is 0 Å². The number of aromatic nitrogens is 2. The van der Waals surface area contributed by atoms with Gasteiger partial charge < -0.3 is 10.3 Å². The number of allylic oxidation sites excluding steroid dienone is 1. The molecule has 3 nitrogen and oxygen atoms in total. The molecule has 0 aliphatic heterocycles. The van der Waals surface area contributed by atoms with Crippen molar-refractivity contribution in [1.29, 1.82) is 0 Å². The molecule has 0 aliphatic rings. The highest BCUT2D eigenvalue weighted by atomic mass is 15.1. The number of aryl methyl sites for hydroxylation is 1. The van der Waals surface area contributed by atoms with Gasteiger partial charge >= 0.3 is 0 Å². The topological polar surface area (TPSA) is 43.8 Å². The Morgan fingerprint density at radius 1 is 1.37 bits per heavy atom. The van der Waals surface area contributed by atoms with E-state index >= 15 is 0 Å². The second-order valence-corrected chi connectivity index (χ2v) is 4.97. The number of rotatable bonds is 6. The summed E-state index contributed by atoms with van der Waals surface area (Å²) >= 11 is 0. The molecular formula is C16H23N3. The largest absolute Gasteiger partial charge is 0.330 e. The number of nitrogens with two attached hydrogens (primary N) is 1. The predicted molar refractivity (Wildman–Crippen MR) is 81.2 cm³/mol. The summed E-state index contributed by atoms with van der Waals surface area (Å²) in [6, 6.07) is 8.37. The predicted octanol–water partition coefficient (Wildman–Crippen LogP) is 3.28. The summed E-state index contributed by atoms with van der Waals surface area (Å²) in [5, 5.41) is 0. The van der Waals surface area contributed by atoms with Crippen LogP contribution in [0, 0.1) is 0 Å². The monoisotopic (exact) mass is 257 g/mol. The summed E-state index contributed by atoms with van der Waals surface area (Å²) in [5.74, 6) is 1.16. The van der Waals surface area contributed by atoms with E-state index in [-0.39, 0.29) is 0 Å². The zero-order chi connectivity index (χ0) is 13.7. The fraction of sp³-hybridized carbons (Fsp3) is 0.438. The molecule has 19 heavy (non-hydrogen) atoms. The highest BCUT2D eigenvalue weighted by Gasteiger charge is 2.09. The van der Waals surface area contributed by atoms with Crippen LogP contribution < -0.4 is 5.73 Å². The molecule has 0 atom stereocenters. The number of fused-ring (bicyclic) bond motifs is 1. The van der Waals surface area contributed by atoms with Crippen molar-refractivity contribution in [1.82, 2.24) is 9.55 Å². The van der Waals surface area contributed by atoms with Crippen LogP contribution in [0.5, 0.6) is 0 Å². The van der Waals surface area contributed by atoms with Gasteiger partial charge in [0, 0.05) is 13.0 Å². The summed E-state index contributed by atoms with van der Waals surface area (Å²) < 4.78 is 2.34. The second-order valence-electron chi connectivity index (χ2n) is 4.97. The van der Waals surface area contributed by atoms with Gasteiger partial charge in [-0.1, -0.05) is 30.7 Å². The quantitative estimate of drug-likeness (QED) is 0.807. The zero-order valence-electron chi connectivity index (χ0n) is 11.9. The SMILES string of the molecule is CCCn1c(CC(C)=CCCN)nc2ccccc21. The summed E-state index contributed by atoms with van der Waals surface area (Å²) in [4.78, 5) is 4.77. The van der Waals surface area contributed by atoms with Crippen LogP contribution in [0.25, 0.3) is 11.0 Å². The van der Waals surface area contributed by atoms with Crippen molar-refractivity contribution in [2.75, 3.05) is 6.54 Å². The van der Waals surface area contributed by atoms with Gasteiger partial charge in [-0.05, 0) is 38.4 Å². The van der Waals surface area contributed by atoms with Gasteiger partial charge in [0.2, 0.25) is 0 Å². The van der Waals surface area contributed by atoms with Gasteiger partial charge in [-0.2, -0.15) is 0 Å². The lowest BCUT2D eigenvalue weighted by Crippen LogP contribution is -2.04. The van der Waals surface area contributed by atoms with Crippen LogP contribution in [-0.2, 0) is 13.0 Å². The molecular weight excluding hydrogens is 234 g/mol. The fourth-order valence-electron chi connectivity index (χ4n) is 2.38. The maximum atomic E-state index is 5.54. The molecule has 102 valence electrons. The van der Waals surface area contributed by atoms with Crippen molar-refractivity contribution in [2.45, 2.75) is 39.7 Å². The highest BCUT2D eigenvalue weighted by molar-refractivity contribution is 5.75. The first-order chi connectivity index (χ1) is 9.26. The molecule has 0 amide bonds. The molecule has 1 aromatic heterocycles. The van der Waals surface area contributed by atoms with Crippen molar-refractivity contribution >= 4 is 11.0 Å². The van der Waals surface area contributed by atoms with Crippen LogP contribution in [0.1, 0.15) is 32.5 Å². The van der Waals surface area contributed by atoms with Gasteiger partial charge in [0.25, 0.3) is 0 Å². The molecule has 0 unspecified atom stereocenters. The van der Waals surface area contributed by atoms with Crippen LogP contribution in [0.2, 0.25) is 0 Å². The van der Waals surface area contributed by atoms with Crippen LogP contribution in [0.4, 0.5) is 0 Å². The Morgan fingerprint density at radius 3 is 2.89 bits per heavy atom. The maximum absolute atomic E-state index is 5.54. The molecule has 0 bridgehead atoms. The minimum absolute atomic E-state index is 0.711. The van der Waals surface area contributed by atoms with Gasteiger partial charge in [-0.25, -0.2) is 4.98 Å². The Morgan fingerprint density at radius 2 is 2.16 bits per heavy atom. The lowest BCUT2D eigenvalue weighted by molar-refractivity contribution is 0.662. The summed E-state index contributed by atoms with van der Waals surface area (Å²) in [5.41, 5.74) is 9.23. The van der Waals surface area contributed by atoms with E-state index in [1.807, 2.05) is 6.07 Å². The van der Waals surface area contributed by atoms with Crippen LogP contribution in [0.15, 0.2) is 35.9 Å². The molecule has 0 radical (unpaired) electrons. The Balaban J connectivity index is 2.33. The molecule has 0 saturated carbocycles. The van der Waals surface area contributed by atoms with Crippen molar-refractivity contribution in [3.05, 3.63) is 41.7 Å². The van der Waals surface area contributed by atoms with Crippen molar-refractivity contribution in [3.63, 3.8) is 0 Å². The first kappa shape index (κ1) is 13.8. The fourth-order valence-corrected chi connectivity index (χ4v) is 2.38. The van der Waals surface area contributed by atoms with Crippen LogP contribution in [0.3, 0.4) is 0 Å². The average molecular weight is 257 g/mol. The Labute approximate surface area is 115 Å². The van der Waals surface area contributed by atoms with E-state index in [9.17, 15) is 0 Å². The average Bonchev–Trinajstić information content (AvgIpc) is 2.75. The van der Waals surface area contributed by atoms with Gasteiger partial charge in [0.15, 0.2) is 0 Å². The van der Waals surface area contributed by atoms with E-state index in [2.05, 4.69) is 42.7 Å². The smallest absolute Gasteiger partial charge is 0.113 e. The van der Waals surface area contributed by atoms with Crippen LogP contribution in [-0.4, -0.2) is 16.1 Å². The molecule has 0 spiro atoms. The number of imidazole rings is 1. The van der Waals surface area contributed by atoms with E-state index in [0.717, 1.165) is 37.1 Å². The summed E-state index contributed by atoms with van der Waals surface area (Å²) in [7, 11) is 0. The Hall–Kier alpha value is -1.61. The normalized spacial score (nSPS) is 12.3. The molecule has 0 saturated heterocycles. The first-order valence-corrected chi connectivity index (χ1v) is 7.06. The number of hydrogen-bond donors (Lipinski definition) is 1. The minimum Gasteiger partial charge on any atom is -0.330 e. The van der Waals surface area contributed by atoms with Gasteiger partial charge in [-0.15, -0.1) is 0 Å². The third-order valence-electron chi connectivity index (χ3n) is 3.28. The van der Waals surface area contributed by atoms with Crippen molar-refractivity contribution in [3.8, 4) is 0 Å². The van der Waals surface area contributed by atoms with Crippen LogP contribution >= 0.6 is 0 Å². The molecule has 3 heteroatoms. The molecule has 0 fully saturated rings. The van der Waals surface area contributed by atoms with Gasteiger partial charge in [0.1, 0.15) is 5.82 Å². The van der Waals surface area contributed by atoms with Crippen molar-refractivity contribution in [2.24, 2.45) is 5.73 Å². The lowest BCUT2D eigenvalue weighted by Gasteiger charge is -2.08. The third-order valence-corrected chi connectivity index (χ3v) is 3.28. The van der Waals surface area contributed by atoms with Gasteiger partial charge in [-0.3, -0.25) is 0 Å². The first-order valence-electron chi connectivity index (χ1n) is 7.06. The number of benzene rings is 1. The summed E-state index contributed by atoms with van der Waals surface area (Å²) in [6.45, 7) is 6.10. The molecule has 2 N–H and O–H groups in total. The van der Waals surface area contributed by atoms with E-state index in [1.165, 1.54) is 11.1 Å². The highest BCUT2D eigenvalue weighted by Crippen LogP contribution is 2.18. The lowest BCUT2D eigenvalue weighted by atomic mass is 10.1. The van der Waals surface area contributed by atoms with Crippen molar-refractivity contribution < 1.29 is 0 Å². The standard InChI is InChI=1S/C16H23N3/c1-3-11-19-15-9-5-4-8-14(15)18-16(19)12-13(2)7-6-10-17/h4-5,7-9H,3,6,10-12,17H2,1-2H3. The number of para-hydroxylation sites is 2. The maximum Gasteiger partial charge on any atom is 0.113 e. The van der Waals surface area contributed by atoms with E-state index in [4.69, 9.17) is 10.7 Å². The molecule has 2 aromatic rings. The number of nitrogens with zero attached hydrogens (tertiary/aromatic N) is 2. The summed E-state index contributed by atoms with van der Waals surface area (Å²) in [6.07, 6.45) is 5.20. The van der Waals surface area contributed by atoms with Gasteiger partial charge in [0.05, 0.1) is 11.0 Å². The minimum atomic E-state index is 0.711. The molecule has 2 rings (SSSR count). The molecule has 1 heterocycles. The van der Waals surface area contributed by atoms with E-state index < -0.39 is 0 Å².